The number of anilines is 1. The van der Waals surface area contributed by atoms with Gasteiger partial charge >= 0.3 is 0 Å². The standard InChI is InChI=1S/C28H36N4O4/c1-19(2)17-31(27(34)20-9-8-10-23(15-20)36-7)18-26(33)29-25-16-24(28(3,4)5)30-32(25)21-11-13-22(35-6)14-12-21/h8-16,19H,17-18H2,1-7H3,(H,29,33). The van der Waals surface area contributed by atoms with Crippen LogP contribution in [0, 0.1) is 5.92 Å². The van der Waals surface area contributed by atoms with Gasteiger partial charge in [0.05, 0.1) is 25.6 Å². The van der Waals surface area contributed by atoms with Gasteiger partial charge in [0.15, 0.2) is 0 Å². The first-order chi connectivity index (χ1) is 17.0. The molecule has 1 aromatic heterocycles. The largest absolute Gasteiger partial charge is 0.497 e. The Bertz CT molecular complexity index is 1190. The normalized spacial score (nSPS) is 11.3. The first-order valence-corrected chi connectivity index (χ1v) is 12.0. The van der Waals surface area contributed by atoms with Crippen LogP contribution in [-0.2, 0) is 10.2 Å². The lowest BCUT2D eigenvalue weighted by Crippen LogP contribution is -2.40. The van der Waals surface area contributed by atoms with Crippen molar-refractivity contribution in [3.8, 4) is 17.2 Å². The van der Waals surface area contributed by atoms with E-state index in [1.165, 1.54) is 0 Å². The topological polar surface area (TPSA) is 85.7 Å². The first kappa shape index (κ1) is 26.8. The highest BCUT2D eigenvalue weighted by molar-refractivity contribution is 5.99. The second-order valence-corrected chi connectivity index (χ2v) is 10.1. The van der Waals surface area contributed by atoms with Crippen molar-refractivity contribution >= 4 is 17.6 Å². The molecule has 0 aliphatic rings. The second kappa shape index (κ2) is 11.3. The maximum absolute atomic E-state index is 13.3. The van der Waals surface area contributed by atoms with Crippen molar-refractivity contribution in [2.75, 3.05) is 32.6 Å². The van der Waals surface area contributed by atoms with E-state index >= 15 is 0 Å². The molecule has 8 heteroatoms. The lowest BCUT2D eigenvalue weighted by molar-refractivity contribution is -0.117. The summed E-state index contributed by atoms with van der Waals surface area (Å²) in [7, 11) is 3.17. The Balaban J connectivity index is 1.87. The Labute approximate surface area is 213 Å². The van der Waals surface area contributed by atoms with Crippen LogP contribution in [0.3, 0.4) is 0 Å². The van der Waals surface area contributed by atoms with E-state index in [1.807, 2.05) is 44.2 Å². The van der Waals surface area contributed by atoms with Crippen molar-refractivity contribution < 1.29 is 19.1 Å². The van der Waals surface area contributed by atoms with Gasteiger partial charge < -0.3 is 19.7 Å². The zero-order valence-corrected chi connectivity index (χ0v) is 22.2. The Morgan fingerprint density at radius 3 is 2.25 bits per heavy atom. The fourth-order valence-electron chi connectivity index (χ4n) is 3.71. The van der Waals surface area contributed by atoms with E-state index in [0.717, 1.165) is 17.1 Å². The lowest BCUT2D eigenvalue weighted by Gasteiger charge is -2.24. The van der Waals surface area contributed by atoms with Gasteiger partial charge in [0.1, 0.15) is 23.9 Å². The van der Waals surface area contributed by atoms with Crippen LogP contribution in [0.2, 0.25) is 0 Å². The smallest absolute Gasteiger partial charge is 0.254 e. The van der Waals surface area contributed by atoms with Crippen LogP contribution in [0.15, 0.2) is 54.6 Å². The van der Waals surface area contributed by atoms with Gasteiger partial charge in [0, 0.05) is 23.6 Å². The molecule has 1 N–H and O–H groups in total. The van der Waals surface area contributed by atoms with E-state index in [4.69, 9.17) is 14.6 Å². The van der Waals surface area contributed by atoms with Crippen molar-refractivity contribution in [1.82, 2.24) is 14.7 Å². The average molecular weight is 493 g/mol. The van der Waals surface area contributed by atoms with Crippen molar-refractivity contribution in [3.05, 3.63) is 65.9 Å². The van der Waals surface area contributed by atoms with Crippen LogP contribution in [0.25, 0.3) is 5.69 Å². The molecule has 36 heavy (non-hydrogen) atoms. The number of amides is 2. The molecular formula is C28H36N4O4. The molecule has 0 saturated heterocycles. The van der Waals surface area contributed by atoms with Gasteiger partial charge in [0.2, 0.25) is 5.91 Å². The Morgan fingerprint density at radius 1 is 1.00 bits per heavy atom. The number of methoxy groups -OCH3 is 2. The van der Waals surface area contributed by atoms with E-state index < -0.39 is 0 Å². The summed E-state index contributed by atoms with van der Waals surface area (Å²) < 4.78 is 12.2. The Morgan fingerprint density at radius 2 is 1.67 bits per heavy atom. The third-order valence-corrected chi connectivity index (χ3v) is 5.59. The summed E-state index contributed by atoms with van der Waals surface area (Å²) in [4.78, 5) is 28.1. The molecule has 2 aromatic carbocycles. The molecule has 2 amide bonds. The van der Waals surface area contributed by atoms with Gasteiger partial charge in [-0.1, -0.05) is 40.7 Å². The SMILES string of the molecule is COc1ccc(-n2nc(C(C)(C)C)cc2NC(=O)CN(CC(C)C)C(=O)c2cccc(OC)c2)cc1. The van der Waals surface area contributed by atoms with E-state index in [-0.39, 0.29) is 29.7 Å². The maximum Gasteiger partial charge on any atom is 0.254 e. The van der Waals surface area contributed by atoms with Crippen LogP contribution >= 0.6 is 0 Å². The minimum atomic E-state index is -0.304. The minimum Gasteiger partial charge on any atom is -0.497 e. The summed E-state index contributed by atoms with van der Waals surface area (Å²) in [5.74, 6) is 1.51. The monoisotopic (exact) mass is 492 g/mol. The van der Waals surface area contributed by atoms with Crippen LogP contribution in [0.4, 0.5) is 5.82 Å². The molecule has 0 unspecified atom stereocenters. The summed E-state index contributed by atoms with van der Waals surface area (Å²) in [6.07, 6.45) is 0. The molecule has 0 aliphatic heterocycles. The van der Waals surface area contributed by atoms with Crippen LogP contribution in [0.1, 0.15) is 50.7 Å². The molecule has 0 atom stereocenters. The van der Waals surface area contributed by atoms with Crippen LogP contribution < -0.4 is 14.8 Å². The number of nitrogens with zero attached hydrogens (tertiary/aromatic N) is 3. The zero-order valence-electron chi connectivity index (χ0n) is 22.2. The minimum absolute atomic E-state index is 0.0904. The molecule has 192 valence electrons. The summed E-state index contributed by atoms with van der Waals surface area (Å²) in [5.41, 5.74) is 1.87. The third kappa shape index (κ3) is 6.65. The van der Waals surface area contributed by atoms with E-state index in [2.05, 4.69) is 26.1 Å². The summed E-state index contributed by atoms with van der Waals surface area (Å²) >= 11 is 0. The highest BCUT2D eigenvalue weighted by Gasteiger charge is 2.24. The molecular weight excluding hydrogens is 456 g/mol. The van der Waals surface area contributed by atoms with E-state index in [1.54, 1.807) is 48.1 Å². The van der Waals surface area contributed by atoms with E-state index in [0.29, 0.717) is 23.7 Å². The van der Waals surface area contributed by atoms with Gasteiger partial charge in [-0.15, -0.1) is 0 Å². The molecule has 0 saturated carbocycles. The predicted octanol–water partition coefficient (Wildman–Crippen LogP) is 4.92. The number of ether oxygens (including phenoxy) is 2. The first-order valence-electron chi connectivity index (χ1n) is 12.0. The van der Waals surface area contributed by atoms with Gasteiger partial charge in [-0.3, -0.25) is 9.59 Å². The molecule has 3 rings (SSSR count). The molecule has 8 nitrogen and oxygen atoms in total. The summed E-state index contributed by atoms with van der Waals surface area (Å²) in [6, 6.07) is 16.3. The maximum atomic E-state index is 13.3. The predicted molar refractivity (Wildman–Crippen MR) is 141 cm³/mol. The number of hydrogen-bond donors (Lipinski definition) is 1. The lowest BCUT2D eigenvalue weighted by atomic mass is 9.92. The fraction of sp³-hybridized carbons (Fsp3) is 0.393. The number of rotatable bonds is 9. The number of benzene rings is 2. The number of aromatic nitrogens is 2. The fourth-order valence-corrected chi connectivity index (χ4v) is 3.71. The zero-order chi connectivity index (χ0) is 26.5. The molecule has 0 aliphatic carbocycles. The van der Waals surface area contributed by atoms with Gasteiger partial charge in [-0.2, -0.15) is 5.10 Å². The summed E-state index contributed by atoms with van der Waals surface area (Å²) in [6.45, 7) is 10.6. The van der Waals surface area contributed by atoms with Crippen molar-refractivity contribution in [2.45, 2.75) is 40.0 Å². The van der Waals surface area contributed by atoms with Crippen LogP contribution in [0.5, 0.6) is 11.5 Å². The highest BCUT2D eigenvalue weighted by atomic mass is 16.5. The number of carbonyl (C=O) groups excluding carboxylic acids is 2. The van der Waals surface area contributed by atoms with E-state index in [9.17, 15) is 9.59 Å². The van der Waals surface area contributed by atoms with Crippen molar-refractivity contribution in [1.29, 1.82) is 0 Å². The average Bonchev–Trinajstić information content (AvgIpc) is 3.27. The van der Waals surface area contributed by atoms with Crippen LogP contribution in [-0.4, -0.2) is 53.8 Å². The molecule has 3 aromatic rings. The molecule has 1 heterocycles. The molecule has 0 radical (unpaired) electrons. The van der Waals surface area contributed by atoms with Crippen molar-refractivity contribution in [3.63, 3.8) is 0 Å². The highest BCUT2D eigenvalue weighted by Crippen LogP contribution is 2.27. The number of carbonyl (C=O) groups is 2. The summed E-state index contributed by atoms with van der Waals surface area (Å²) in [5, 5.41) is 7.73. The molecule has 0 spiro atoms. The second-order valence-electron chi connectivity index (χ2n) is 10.1. The molecule has 0 bridgehead atoms. The van der Waals surface area contributed by atoms with Gasteiger partial charge in [-0.25, -0.2) is 4.68 Å². The third-order valence-electron chi connectivity index (χ3n) is 5.59. The quantitative estimate of drug-likeness (QED) is 0.458. The van der Waals surface area contributed by atoms with Crippen molar-refractivity contribution in [2.24, 2.45) is 5.92 Å². The van der Waals surface area contributed by atoms with Gasteiger partial charge in [-0.05, 0) is 48.4 Å². The number of hydrogen-bond acceptors (Lipinski definition) is 5. The Hall–Kier alpha value is -3.81. The number of nitrogens with one attached hydrogen (secondary N) is 1. The molecule has 0 fully saturated rings. The Kier molecular flexibility index (Phi) is 8.40. The van der Waals surface area contributed by atoms with Gasteiger partial charge in [0.25, 0.3) is 5.91 Å².